The van der Waals surface area contributed by atoms with E-state index in [0.29, 0.717) is 22.5 Å². The Morgan fingerprint density at radius 1 is 1.29 bits per heavy atom. The van der Waals surface area contributed by atoms with Gasteiger partial charge in [0, 0.05) is 11.1 Å². The van der Waals surface area contributed by atoms with Gasteiger partial charge in [-0.2, -0.15) is 0 Å². The first kappa shape index (κ1) is 12.8. The number of aryl methyl sites for hydroxylation is 1. The van der Waals surface area contributed by atoms with Crippen molar-refractivity contribution in [1.29, 1.82) is 0 Å². The van der Waals surface area contributed by atoms with E-state index >= 15 is 0 Å². The lowest BCUT2D eigenvalue weighted by Crippen LogP contribution is -2.27. The van der Waals surface area contributed by atoms with Gasteiger partial charge < -0.3 is 5.73 Å². The summed E-state index contributed by atoms with van der Waals surface area (Å²) in [6, 6.07) is 3.67. The molecule has 1 aliphatic carbocycles. The van der Waals surface area contributed by atoms with E-state index in [2.05, 4.69) is 0 Å². The zero-order valence-corrected chi connectivity index (χ0v) is 10.9. The Labute approximate surface area is 107 Å². The summed E-state index contributed by atoms with van der Waals surface area (Å²) < 4.78 is 13.5. The van der Waals surface area contributed by atoms with Crippen molar-refractivity contribution < 1.29 is 4.39 Å². The van der Waals surface area contributed by atoms with E-state index in [1.165, 1.54) is 0 Å². The second-order valence-electron chi connectivity index (χ2n) is 5.18. The fourth-order valence-electron chi connectivity index (χ4n) is 2.55. The molecule has 1 nitrogen and oxygen atoms in total. The molecule has 1 saturated carbocycles. The smallest absolute Gasteiger partial charge is 0.126 e. The fourth-order valence-corrected chi connectivity index (χ4v) is 2.84. The van der Waals surface area contributed by atoms with Gasteiger partial charge in [0.2, 0.25) is 0 Å². The van der Waals surface area contributed by atoms with Gasteiger partial charge in [0.15, 0.2) is 0 Å². The van der Waals surface area contributed by atoms with Crippen molar-refractivity contribution in [3.05, 3.63) is 34.1 Å². The van der Waals surface area contributed by atoms with E-state index < -0.39 is 0 Å². The van der Waals surface area contributed by atoms with Crippen molar-refractivity contribution in [2.24, 2.45) is 11.7 Å². The van der Waals surface area contributed by atoms with Crippen LogP contribution in [0.4, 0.5) is 4.39 Å². The molecule has 0 atom stereocenters. The monoisotopic (exact) mass is 255 g/mol. The highest BCUT2D eigenvalue weighted by atomic mass is 35.5. The van der Waals surface area contributed by atoms with Gasteiger partial charge in [-0.3, -0.25) is 0 Å². The molecule has 2 N–H and O–H groups in total. The predicted molar refractivity (Wildman–Crippen MR) is 69.8 cm³/mol. The standard InChI is InChI=1S/C14H19ClFN/c1-9-6-13(15)11(8-14(9)16)7-10-2-4-12(17)5-3-10/h6,8,10,12H,2-5,7,17H2,1H3. The number of hydrogen-bond donors (Lipinski definition) is 1. The van der Waals surface area contributed by atoms with Gasteiger partial charge in [-0.05, 0) is 68.2 Å². The molecule has 1 fully saturated rings. The van der Waals surface area contributed by atoms with Crippen LogP contribution in [0.5, 0.6) is 0 Å². The summed E-state index contributed by atoms with van der Waals surface area (Å²) in [6.07, 6.45) is 5.30. The average molecular weight is 256 g/mol. The first-order valence-corrected chi connectivity index (χ1v) is 6.64. The molecule has 0 radical (unpaired) electrons. The van der Waals surface area contributed by atoms with Gasteiger partial charge in [-0.15, -0.1) is 0 Å². The van der Waals surface area contributed by atoms with Crippen LogP contribution >= 0.6 is 11.6 Å². The van der Waals surface area contributed by atoms with Crippen molar-refractivity contribution in [2.75, 3.05) is 0 Å². The van der Waals surface area contributed by atoms with E-state index in [1.54, 1.807) is 19.1 Å². The van der Waals surface area contributed by atoms with Crippen LogP contribution in [0.1, 0.15) is 36.8 Å². The van der Waals surface area contributed by atoms with Crippen LogP contribution in [0.25, 0.3) is 0 Å². The first-order valence-electron chi connectivity index (χ1n) is 6.26. The summed E-state index contributed by atoms with van der Waals surface area (Å²) >= 11 is 6.16. The molecular weight excluding hydrogens is 237 g/mol. The predicted octanol–water partition coefficient (Wildman–Crippen LogP) is 3.85. The van der Waals surface area contributed by atoms with Gasteiger partial charge in [-0.25, -0.2) is 4.39 Å². The summed E-state index contributed by atoms with van der Waals surface area (Å²) in [6.45, 7) is 1.74. The van der Waals surface area contributed by atoms with Crippen LogP contribution in [-0.4, -0.2) is 6.04 Å². The largest absolute Gasteiger partial charge is 0.328 e. The highest BCUT2D eigenvalue weighted by molar-refractivity contribution is 6.31. The van der Waals surface area contributed by atoms with E-state index in [9.17, 15) is 4.39 Å². The normalized spacial score (nSPS) is 24.9. The summed E-state index contributed by atoms with van der Waals surface area (Å²) in [5.74, 6) is 0.450. The third kappa shape index (κ3) is 3.20. The molecule has 1 aromatic rings. The van der Waals surface area contributed by atoms with Crippen molar-refractivity contribution in [1.82, 2.24) is 0 Å². The maximum atomic E-state index is 13.5. The van der Waals surface area contributed by atoms with Gasteiger partial charge in [0.1, 0.15) is 5.82 Å². The average Bonchev–Trinajstić information content (AvgIpc) is 2.29. The van der Waals surface area contributed by atoms with Crippen LogP contribution in [0.3, 0.4) is 0 Å². The Hall–Kier alpha value is -0.600. The first-order chi connectivity index (χ1) is 8.06. The summed E-state index contributed by atoms with van der Waals surface area (Å²) in [4.78, 5) is 0. The molecule has 0 amide bonds. The molecule has 0 aliphatic heterocycles. The quantitative estimate of drug-likeness (QED) is 0.854. The Bertz CT molecular complexity index is 397. The highest BCUT2D eigenvalue weighted by Crippen LogP contribution is 2.30. The Balaban J connectivity index is 2.06. The Morgan fingerprint density at radius 2 is 1.94 bits per heavy atom. The number of benzene rings is 1. The molecule has 0 bridgehead atoms. The Kier molecular flexibility index (Phi) is 4.05. The minimum absolute atomic E-state index is 0.156. The van der Waals surface area contributed by atoms with Crippen molar-refractivity contribution in [3.63, 3.8) is 0 Å². The second-order valence-corrected chi connectivity index (χ2v) is 5.58. The number of halogens is 2. The molecule has 0 spiro atoms. The molecule has 0 unspecified atom stereocenters. The topological polar surface area (TPSA) is 26.0 Å². The van der Waals surface area contributed by atoms with Crippen molar-refractivity contribution in [3.8, 4) is 0 Å². The summed E-state index contributed by atoms with van der Waals surface area (Å²) in [5, 5.41) is 0.693. The van der Waals surface area contributed by atoms with Crippen LogP contribution in [0, 0.1) is 18.7 Å². The minimum Gasteiger partial charge on any atom is -0.328 e. The number of hydrogen-bond acceptors (Lipinski definition) is 1. The van der Waals surface area contributed by atoms with E-state index in [0.717, 1.165) is 37.7 Å². The lowest BCUT2D eigenvalue weighted by atomic mass is 9.82. The Morgan fingerprint density at radius 3 is 2.59 bits per heavy atom. The van der Waals surface area contributed by atoms with Gasteiger partial charge >= 0.3 is 0 Å². The fraction of sp³-hybridized carbons (Fsp3) is 0.571. The maximum Gasteiger partial charge on any atom is 0.126 e. The molecule has 3 heteroatoms. The SMILES string of the molecule is Cc1cc(Cl)c(CC2CCC(N)CC2)cc1F. The van der Waals surface area contributed by atoms with Crippen LogP contribution in [0.15, 0.2) is 12.1 Å². The highest BCUT2D eigenvalue weighted by Gasteiger charge is 2.20. The molecule has 94 valence electrons. The van der Waals surface area contributed by atoms with Gasteiger partial charge in [0.05, 0.1) is 0 Å². The van der Waals surface area contributed by atoms with Crippen LogP contribution in [0.2, 0.25) is 5.02 Å². The van der Waals surface area contributed by atoms with Crippen LogP contribution in [-0.2, 0) is 6.42 Å². The van der Waals surface area contributed by atoms with E-state index in [4.69, 9.17) is 17.3 Å². The summed E-state index contributed by atoms with van der Waals surface area (Å²) in [5.41, 5.74) is 7.43. The molecule has 1 aliphatic rings. The minimum atomic E-state index is -0.156. The number of rotatable bonds is 2. The lowest BCUT2D eigenvalue weighted by Gasteiger charge is -2.26. The third-order valence-electron chi connectivity index (χ3n) is 3.73. The number of nitrogens with two attached hydrogens (primary N) is 1. The van der Waals surface area contributed by atoms with E-state index in [1.807, 2.05) is 0 Å². The van der Waals surface area contributed by atoms with Crippen molar-refractivity contribution in [2.45, 2.75) is 45.1 Å². The maximum absolute atomic E-state index is 13.5. The molecule has 17 heavy (non-hydrogen) atoms. The van der Waals surface area contributed by atoms with Gasteiger partial charge in [-0.1, -0.05) is 11.6 Å². The van der Waals surface area contributed by atoms with Gasteiger partial charge in [0.25, 0.3) is 0 Å². The molecule has 0 aromatic heterocycles. The molecule has 0 saturated heterocycles. The third-order valence-corrected chi connectivity index (χ3v) is 4.08. The molecule has 1 aromatic carbocycles. The molecule has 2 rings (SSSR count). The summed E-state index contributed by atoms with van der Waals surface area (Å²) in [7, 11) is 0. The molecular formula is C14H19ClFN. The zero-order valence-electron chi connectivity index (χ0n) is 10.2. The lowest BCUT2D eigenvalue weighted by molar-refractivity contribution is 0.324. The molecule has 0 heterocycles. The van der Waals surface area contributed by atoms with E-state index in [-0.39, 0.29) is 5.82 Å². The second kappa shape index (κ2) is 5.36. The van der Waals surface area contributed by atoms with Crippen molar-refractivity contribution >= 4 is 11.6 Å². The zero-order chi connectivity index (χ0) is 12.4. The van der Waals surface area contributed by atoms with Crippen LogP contribution < -0.4 is 5.73 Å².